The highest BCUT2D eigenvalue weighted by molar-refractivity contribution is 5.20. The van der Waals surface area contributed by atoms with E-state index in [1.807, 2.05) is 0 Å². The van der Waals surface area contributed by atoms with Gasteiger partial charge in [0.05, 0.1) is 6.61 Å². The van der Waals surface area contributed by atoms with Gasteiger partial charge in [0, 0.05) is 20.2 Å². The van der Waals surface area contributed by atoms with Crippen molar-refractivity contribution in [1.29, 1.82) is 0 Å². The maximum atomic E-state index is 13.8. The lowest BCUT2D eigenvalue weighted by atomic mass is 9.74. The average molecular weight is 285 g/mol. The zero-order valence-corrected chi connectivity index (χ0v) is 12.8. The summed E-state index contributed by atoms with van der Waals surface area (Å²) in [6.07, 6.45) is 0.508. The Bertz CT molecular complexity index is 423. The van der Waals surface area contributed by atoms with Crippen LogP contribution >= 0.6 is 0 Å². The van der Waals surface area contributed by atoms with E-state index in [0.29, 0.717) is 24.5 Å². The van der Waals surface area contributed by atoms with Crippen molar-refractivity contribution in [2.75, 3.05) is 26.8 Å². The Hall–Kier alpha value is -1.00. The first-order valence-corrected chi connectivity index (χ1v) is 7.03. The van der Waals surface area contributed by atoms with Crippen LogP contribution < -0.4 is 5.32 Å². The summed E-state index contributed by atoms with van der Waals surface area (Å²) in [5.41, 5.74) is 0.303. The standard InChI is InChI=1S/C16H25F2NO/c1-12(2)16(3,11-19-8-9-20-4)10-13-6-5-7-14(17)15(13)18/h5-7,12,19H,8-11H2,1-4H3. The smallest absolute Gasteiger partial charge is 0.162 e. The molecule has 0 aromatic heterocycles. The fraction of sp³-hybridized carbons (Fsp3) is 0.625. The predicted octanol–water partition coefficient (Wildman–Crippen LogP) is 3.41. The predicted molar refractivity (Wildman–Crippen MR) is 77.8 cm³/mol. The highest BCUT2D eigenvalue weighted by Crippen LogP contribution is 2.32. The molecule has 4 heteroatoms. The van der Waals surface area contributed by atoms with E-state index in [4.69, 9.17) is 4.74 Å². The van der Waals surface area contributed by atoms with Crippen LogP contribution in [0.5, 0.6) is 0 Å². The molecule has 1 aromatic rings. The number of halogens is 2. The van der Waals surface area contributed by atoms with Crippen LogP contribution in [0.25, 0.3) is 0 Å². The van der Waals surface area contributed by atoms with Crippen molar-refractivity contribution in [3.05, 3.63) is 35.4 Å². The molecule has 0 aliphatic heterocycles. The van der Waals surface area contributed by atoms with E-state index < -0.39 is 11.6 Å². The molecular weight excluding hydrogens is 260 g/mol. The van der Waals surface area contributed by atoms with E-state index in [1.54, 1.807) is 19.2 Å². The van der Waals surface area contributed by atoms with E-state index >= 15 is 0 Å². The first kappa shape index (κ1) is 17.1. The molecule has 2 nitrogen and oxygen atoms in total. The van der Waals surface area contributed by atoms with Gasteiger partial charge in [-0.2, -0.15) is 0 Å². The van der Waals surface area contributed by atoms with Gasteiger partial charge < -0.3 is 10.1 Å². The van der Waals surface area contributed by atoms with Gasteiger partial charge in [0.25, 0.3) is 0 Å². The van der Waals surface area contributed by atoms with Gasteiger partial charge in [-0.1, -0.05) is 32.9 Å². The van der Waals surface area contributed by atoms with Gasteiger partial charge in [0.1, 0.15) is 0 Å². The third-order valence-electron chi connectivity index (χ3n) is 4.03. The average Bonchev–Trinajstić information content (AvgIpc) is 2.40. The minimum Gasteiger partial charge on any atom is -0.383 e. The molecule has 0 aliphatic carbocycles. The largest absolute Gasteiger partial charge is 0.383 e. The van der Waals surface area contributed by atoms with Crippen molar-refractivity contribution in [3.8, 4) is 0 Å². The third kappa shape index (κ3) is 4.53. The highest BCUT2D eigenvalue weighted by Gasteiger charge is 2.29. The first-order valence-electron chi connectivity index (χ1n) is 7.03. The van der Waals surface area contributed by atoms with Gasteiger partial charge >= 0.3 is 0 Å². The fourth-order valence-corrected chi connectivity index (χ4v) is 2.14. The third-order valence-corrected chi connectivity index (χ3v) is 4.03. The lowest BCUT2D eigenvalue weighted by molar-refractivity contribution is 0.174. The molecule has 1 atom stereocenters. The Labute approximate surface area is 120 Å². The Kier molecular flexibility index (Phi) is 6.56. The van der Waals surface area contributed by atoms with Gasteiger partial charge in [0.2, 0.25) is 0 Å². The van der Waals surface area contributed by atoms with Gasteiger partial charge in [-0.3, -0.25) is 0 Å². The van der Waals surface area contributed by atoms with Crippen LogP contribution in [0.4, 0.5) is 8.78 Å². The molecule has 0 amide bonds. The molecule has 1 unspecified atom stereocenters. The SMILES string of the molecule is COCCNCC(C)(Cc1cccc(F)c1F)C(C)C. The maximum absolute atomic E-state index is 13.8. The molecule has 20 heavy (non-hydrogen) atoms. The van der Waals surface area contributed by atoms with Crippen LogP contribution in [0.1, 0.15) is 26.3 Å². The molecule has 0 radical (unpaired) electrons. The number of hydrogen-bond acceptors (Lipinski definition) is 2. The van der Waals surface area contributed by atoms with E-state index in [-0.39, 0.29) is 5.41 Å². The lowest BCUT2D eigenvalue weighted by Gasteiger charge is -2.34. The van der Waals surface area contributed by atoms with E-state index in [2.05, 4.69) is 26.1 Å². The van der Waals surface area contributed by atoms with Crippen LogP contribution in [-0.4, -0.2) is 26.8 Å². The molecule has 0 saturated heterocycles. The molecule has 0 aliphatic rings. The van der Waals surface area contributed by atoms with Gasteiger partial charge in [0.15, 0.2) is 11.6 Å². The summed E-state index contributed by atoms with van der Waals surface area (Å²) in [5.74, 6) is -1.16. The van der Waals surface area contributed by atoms with E-state index in [1.165, 1.54) is 0 Å². The molecule has 114 valence electrons. The van der Waals surface area contributed by atoms with Gasteiger partial charge in [-0.15, -0.1) is 0 Å². The Balaban J connectivity index is 2.77. The van der Waals surface area contributed by atoms with Crippen LogP contribution in [0.3, 0.4) is 0 Å². The Morgan fingerprint density at radius 2 is 2.00 bits per heavy atom. The first-order chi connectivity index (χ1) is 9.40. The molecule has 0 fully saturated rings. The van der Waals surface area contributed by atoms with E-state index in [9.17, 15) is 8.78 Å². The minimum atomic E-state index is -0.777. The molecule has 0 bridgehead atoms. The summed E-state index contributed by atoms with van der Waals surface area (Å²) < 4.78 is 32.1. The molecule has 1 N–H and O–H groups in total. The normalized spacial score (nSPS) is 14.6. The fourth-order valence-electron chi connectivity index (χ4n) is 2.14. The number of rotatable bonds is 8. The number of hydrogen-bond donors (Lipinski definition) is 1. The number of methoxy groups -OCH3 is 1. The second-order valence-electron chi connectivity index (χ2n) is 5.87. The molecule has 1 aromatic carbocycles. The number of ether oxygens (including phenoxy) is 1. The summed E-state index contributed by atoms with van der Waals surface area (Å²) in [6.45, 7) is 8.45. The minimum absolute atomic E-state index is 0.137. The molecular formula is C16H25F2NO. The monoisotopic (exact) mass is 285 g/mol. The highest BCUT2D eigenvalue weighted by atomic mass is 19.2. The van der Waals surface area contributed by atoms with Crippen molar-refractivity contribution in [1.82, 2.24) is 5.32 Å². The van der Waals surface area contributed by atoms with Crippen molar-refractivity contribution in [2.24, 2.45) is 11.3 Å². The summed E-state index contributed by atoms with van der Waals surface area (Å²) in [6, 6.07) is 4.38. The molecule has 0 saturated carbocycles. The second kappa shape index (κ2) is 7.70. The van der Waals surface area contributed by atoms with Gasteiger partial charge in [-0.25, -0.2) is 8.78 Å². The van der Waals surface area contributed by atoms with Crippen molar-refractivity contribution in [3.63, 3.8) is 0 Å². The van der Waals surface area contributed by atoms with Crippen molar-refractivity contribution in [2.45, 2.75) is 27.2 Å². The zero-order valence-electron chi connectivity index (χ0n) is 12.8. The number of benzene rings is 1. The molecule has 1 rings (SSSR count). The van der Waals surface area contributed by atoms with Crippen LogP contribution in [-0.2, 0) is 11.2 Å². The van der Waals surface area contributed by atoms with Crippen molar-refractivity contribution >= 4 is 0 Å². The van der Waals surface area contributed by atoms with Crippen LogP contribution in [0.2, 0.25) is 0 Å². The Morgan fingerprint density at radius 1 is 1.30 bits per heavy atom. The Morgan fingerprint density at radius 3 is 2.60 bits per heavy atom. The quantitative estimate of drug-likeness (QED) is 0.739. The lowest BCUT2D eigenvalue weighted by Crippen LogP contribution is -2.39. The van der Waals surface area contributed by atoms with E-state index in [0.717, 1.165) is 19.2 Å². The summed E-state index contributed by atoms with van der Waals surface area (Å²) in [4.78, 5) is 0. The van der Waals surface area contributed by atoms with Crippen LogP contribution in [0, 0.1) is 23.0 Å². The topological polar surface area (TPSA) is 21.3 Å². The maximum Gasteiger partial charge on any atom is 0.162 e. The zero-order chi connectivity index (χ0) is 15.2. The summed E-state index contributed by atoms with van der Waals surface area (Å²) in [7, 11) is 1.66. The molecule has 0 heterocycles. The second-order valence-corrected chi connectivity index (χ2v) is 5.87. The van der Waals surface area contributed by atoms with Gasteiger partial charge in [-0.05, 0) is 29.4 Å². The number of nitrogens with one attached hydrogen (secondary N) is 1. The summed E-state index contributed by atoms with van der Waals surface area (Å²) in [5, 5.41) is 3.32. The summed E-state index contributed by atoms with van der Waals surface area (Å²) >= 11 is 0. The van der Waals surface area contributed by atoms with Crippen molar-refractivity contribution < 1.29 is 13.5 Å². The van der Waals surface area contributed by atoms with Crippen LogP contribution in [0.15, 0.2) is 18.2 Å². The molecule has 0 spiro atoms.